The van der Waals surface area contributed by atoms with Crippen LogP contribution in [0.4, 0.5) is 10.3 Å². The molecule has 0 atom stereocenters. The predicted molar refractivity (Wildman–Crippen MR) is 119 cm³/mol. The Kier molecular flexibility index (Phi) is 6.65. The molecule has 5 nitrogen and oxygen atoms in total. The normalized spacial score (nSPS) is 13.9. The van der Waals surface area contributed by atoms with Crippen molar-refractivity contribution in [2.24, 2.45) is 0 Å². The van der Waals surface area contributed by atoms with Gasteiger partial charge in [-0.3, -0.25) is 4.79 Å². The van der Waals surface area contributed by atoms with Crippen molar-refractivity contribution >= 4 is 11.8 Å². The summed E-state index contributed by atoms with van der Waals surface area (Å²) in [6.07, 6.45) is 4.19. The fourth-order valence-electron chi connectivity index (χ4n) is 4.13. The molecule has 0 unspecified atom stereocenters. The quantitative estimate of drug-likeness (QED) is 0.504. The van der Waals surface area contributed by atoms with E-state index >= 15 is 0 Å². The first-order chi connectivity index (χ1) is 15.2. The van der Waals surface area contributed by atoms with Gasteiger partial charge in [-0.1, -0.05) is 54.5 Å². The standard InChI is InChI=1S/C25H28FN3O2/c1-2-15-29(24(30)20-13-7-8-14-22(20)26)18-21-23(19-11-5-3-6-12-19)27-31-25(21)28-16-9-4-10-17-28/h3,5-8,11-14H,2,4,9-10,15-18H2,1H3. The molecule has 1 amide bonds. The molecule has 3 aromatic rings. The van der Waals surface area contributed by atoms with Crippen molar-refractivity contribution in [2.45, 2.75) is 39.2 Å². The van der Waals surface area contributed by atoms with Gasteiger partial charge in [-0.2, -0.15) is 0 Å². The minimum Gasteiger partial charge on any atom is -0.340 e. The van der Waals surface area contributed by atoms with Crippen LogP contribution in [0.15, 0.2) is 59.1 Å². The molecule has 6 heteroatoms. The number of rotatable bonds is 7. The van der Waals surface area contributed by atoms with Gasteiger partial charge in [-0.25, -0.2) is 4.39 Å². The molecule has 4 rings (SSSR count). The summed E-state index contributed by atoms with van der Waals surface area (Å²) in [5, 5.41) is 4.40. The third-order valence-electron chi connectivity index (χ3n) is 5.69. The lowest BCUT2D eigenvalue weighted by Crippen LogP contribution is -2.34. The third kappa shape index (κ3) is 4.63. The lowest BCUT2D eigenvalue weighted by Gasteiger charge is -2.28. The third-order valence-corrected chi connectivity index (χ3v) is 5.69. The van der Waals surface area contributed by atoms with Gasteiger partial charge >= 0.3 is 0 Å². The second-order valence-corrected chi connectivity index (χ2v) is 7.94. The highest BCUT2D eigenvalue weighted by molar-refractivity contribution is 5.94. The van der Waals surface area contributed by atoms with E-state index in [2.05, 4.69) is 10.1 Å². The molecule has 162 valence electrons. The van der Waals surface area contributed by atoms with E-state index in [9.17, 15) is 9.18 Å². The molecule has 1 saturated heterocycles. The van der Waals surface area contributed by atoms with E-state index in [0.29, 0.717) is 13.1 Å². The zero-order valence-electron chi connectivity index (χ0n) is 17.9. The van der Waals surface area contributed by atoms with Crippen LogP contribution < -0.4 is 4.90 Å². The molecule has 2 heterocycles. The number of hydrogen-bond donors (Lipinski definition) is 0. The number of carbonyl (C=O) groups is 1. The Morgan fingerprint density at radius 2 is 1.77 bits per heavy atom. The lowest BCUT2D eigenvalue weighted by atomic mass is 10.0. The Hall–Kier alpha value is -3.15. The Labute approximate surface area is 182 Å². The summed E-state index contributed by atoms with van der Waals surface area (Å²) >= 11 is 0. The highest BCUT2D eigenvalue weighted by Crippen LogP contribution is 2.34. The average molecular weight is 422 g/mol. The molecule has 1 aromatic heterocycles. The summed E-state index contributed by atoms with van der Waals surface area (Å²) in [5.74, 6) is -0.0933. The smallest absolute Gasteiger partial charge is 0.257 e. The summed E-state index contributed by atoms with van der Waals surface area (Å²) in [5.41, 5.74) is 2.65. The van der Waals surface area contributed by atoms with Crippen molar-refractivity contribution in [1.82, 2.24) is 10.1 Å². The maximum atomic E-state index is 14.3. The van der Waals surface area contributed by atoms with Crippen molar-refractivity contribution in [2.75, 3.05) is 24.5 Å². The number of amides is 1. The van der Waals surface area contributed by atoms with Gasteiger partial charge in [0, 0.05) is 25.2 Å². The monoisotopic (exact) mass is 421 g/mol. The van der Waals surface area contributed by atoms with Crippen molar-refractivity contribution in [1.29, 1.82) is 0 Å². The van der Waals surface area contributed by atoms with Crippen LogP contribution in [0.1, 0.15) is 48.5 Å². The maximum absolute atomic E-state index is 14.3. The van der Waals surface area contributed by atoms with Crippen LogP contribution in [0.25, 0.3) is 11.3 Å². The summed E-state index contributed by atoms with van der Waals surface area (Å²) in [7, 11) is 0. The Morgan fingerprint density at radius 3 is 2.48 bits per heavy atom. The number of carbonyl (C=O) groups excluding carboxylic acids is 1. The van der Waals surface area contributed by atoms with E-state index in [-0.39, 0.29) is 11.5 Å². The van der Waals surface area contributed by atoms with Crippen molar-refractivity contribution in [3.05, 3.63) is 71.5 Å². The second kappa shape index (κ2) is 9.77. The zero-order valence-corrected chi connectivity index (χ0v) is 17.9. The molecule has 1 fully saturated rings. The molecule has 0 bridgehead atoms. The van der Waals surface area contributed by atoms with Crippen molar-refractivity contribution < 1.29 is 13.7 Å². The van der Waals surface area contributed by atoms with Crippen LogP contribution in [-0.4, -0.2) is 35.6 Å². The largest absolute Gasteiger partial charge is 0.340 e. The molecule has 0 saturated carbocycles. The van der Waals surface area contributed by atoms with E-state index < -0.39 is 5.82 Å². The maximum Gasteiger partial charge on any atom is 0.257 e. The first-order valence-corrected chi connectivity index (χ1v) is 11.0. The first-order valence-electron chi connectivity index (χ1n) is 11.0. The summed E-state index contributed by atoms with van der Waals surface area (Å²) in [6, 6.07) is 16.0. The number of piperidine rings is 1. The Balaban J connectivity index is 1.72. The molecule has 2 aromatic carbocycles. The molecule has 0 spiro atoms. The molecule has 1 aliphatic rings. The number of nitrogens with zero attached hydrogens (tertiary/aromatic N) is 3. The number of anilines is 1. The van der Waals surface area contributed by atoms with Crippen LogP contribution in [0.2, 0.25) is 0 Å². The van der Waals surface area contributed by atoms with E-state index in [1.165, 1.54) is 18.6 Å². The van der Waals surface area contributed by atoms with E-state index in [1.807, 2.05) is 37.3 Å². The van der Waals surface area contributed by atoms with Gasteiger partial charge in [0.1, 0.15) is 11.5 Å². The fourth-order valence-corrected chi connectivity index (χ4v) is 4.13. The topological polar surface area (TPSA) is 49.6 Å². The second-order valence-electron chi connectivity index (χ2n) is 7.94. The Morgan fingerprint density at radius 1 is 1.06 bits per heavy atom. The van der Waals surface area contributed by atoms with Gasteiger partial charge in [-0.15, -0.1) is 0 Å². The summed E-state index contributed by atoms with van der Waals surface area (Å²) in [6.45, 7) is 4.67. The molecule has 0 aliphatic carbocycles. The fraction of sp³-hybridized carbons (Fsp3) is 0.360. The summed E-state index contributed by atoms with van der Waals surface area (Å²) in [4.78, 5) is 17.2. The minimum atomic E-state index is -0.501. The van der Waals surface area contributed by atoms with Gasteiger partial charge in [-0.05, 0) is 37.8 Å². The van der Waals surface area contributed by atoms with Gasteiger partial charge in [0.05, 0.1) is 17.7 Å². The molecule has 0 radical (unpaired) electrons. The van der Waals surface area contributed by atoms with Crippen LogP contribution in [0.3, 0.4) is 0 Å². The molecular weight excluding hydrogens is 393 g/mol. The van der Waals surface area contributed by atoms with E-state index in [0.717, 1.165) is 55.1 Å². The molecule has 31 heavy (non-hydrogen) atoms. The zero-order chi connectivity index (χ0) is 21.6. The lowest BCUT2D eigenvalue weighted by molar-refractivity contribution is 0.0738. The highest BCUT2D eigenvalue weighted by atomic mass is 19.1. The summed E-state index contributed by atoms with van der Waals surface area (Å²) < 4.78 is 20.2. The van der Waals surface area contributed by atoms with Crippen LogP contribution in [0, 0.1) is 5.82 Å². The molecule has 1 aliphatic heterocycles. The predicted octanol–water partition coefficient (Wildman–Crippen LogP) is 5.52. The number of hydrogen-bond acceptors (Lipinski definition) is 4. The van der Waals surface area contributed by atoms with Crippen molar-refractivity contribution in [3.63, 3.8) is 0 Å². The van der Waals surface area contributed by atoms with Crippen molar-refractivity contribution in [3.8, 4) is 11.3 Å². The number of aromatic nitrogens is 1. The Bertz CT molecular complexity index is 1010. The van der Waals surface area contributed by atoms with E-state index in [1.54, 1.807) is 17.0 Å². The molecule has 0 N–H and O–H groups in total. The van der Waals surface area contributed by atoms with Gasteiger partial charge in [0.2, 0.25) is 5.88 Å². The van der Waals surface area contributed by atoms with E-state index in [4.69, 9.17) is 4.52 Å². The SMILES string of the molecule is CCCN(Cc1c(-c2ccccc2)noc1N1CCCCC1)C(=O)c1ccccc1F. The minimum absolute atomic E-state index is 0.0909. The first kappa shape index (κ1) is 21.1. The van der Waals surface area contributed by atoms with Gasteiger partial charge in [0.25, 0.3) is 5.91 Å². The number of halogens is 1. The van der Waals surface area contributed by atoms with Gasteiger partial charge in [0.15, 0.2) is 0 Å². The number of benzene rings is 2. The highest BCUT2D eigenvalue weighted by Gasteiger charge is 2.27. The molecular formula is C25H28FN3O2. The van der Waals surface area contributed by atoms with Crippen LogP contribution >= 0.6 is 0 Å². The van der Waals surface area contributed by atoms with Crippen LogP contribution in [0.5, 0.6) is 0 Å². The van der Waals surface area contributed by atoms with Crippen LogP contribution in [-0.2, 0) is 6.54 Å². The van der Waals surface area contributed by atoms with Gasteiger partial charge < -0.3 is 14.3 Å². The average Bonchev–Trinajstić information content (AvgIpc) is 3.23.